The van der Waals surface area contributed by atoms with Crippen LogP contribution in [0.25, 0.3) is 0 Å². The second-order valence-corrected chi connectivity index (χ2v) is 3.13. The number of hydrogen-bond acceptors (Lipinski definition) is 5. The Balaban J connectivity index is 3.14. The van der Waals surface area contributed by atoms with Crippen molar-refractivity contribution in [2.75, 3.05) is 6.54 Å². The molecule has 0 bridgehead atoms. The van der Waals surface area contributed by atoms with Crippen molar-refractivity contribution in [2.45, 2.75) is 5.92 Å². The third kappa shape index (κ3) is 2.26. The third-order valence-corrected chi connectivity index (χ3v) is 2.13. The lowest BCUT2D eigenvalue weighted by Gasteiger charge is -2.09. The number of aromatic hydroxyl groups is 1. The fourth-order valence-electron chi connectivity index (χ4n) is 1.29. The van der Waals surface area contributed by atoms with Gasteiger partial charge in [-0.1, -0.05) is 6.07 Å². The summed E-state index contributed by atoms with van der Waals surface area (Å²) in [7, 11) is 0. The second kappa shape index (κ2) is 4.58. The van der Waals surface area contributed by atoms with Crippen LogP contribution in [0.4, 0.5) is 5.69 Å². The SMILES string of the molecule is NCC(C(=O)O)c1ccc([N+](=O)[O-])c(O)c1. The van der Waals surface area contributed by atoms with Crippen LogP contribution in [0.5, 0.6) is 5.75 Å². The number of phenolic OH excluding ortho intramolecular Hbond substituents is 1. The van der Waals surface area contributed by atoms with E-state index in [1.165, 1.54) is 6.07 Å². The van der Waals surface area contributed by atoms with E-state index in [0.29, 0.717) is 0 Å². The molecule has 0 amide bonds. The van der Waals surface area contributed by atoms with Crippen molar-refractivity contribution in [2.24, 2.45) is 5.73 Å². The van der Waals surface area contributed by atoms with Crippen molar-refractivity contribution in [3.8, 4) is 5.75 Å². The molecule has 0 aliphatic heterocycles. The molecule has 1 atom stereocenters. The fraction of sp³-hybridized carbons (Fsp3) is 0.222. The highest BCUT2D eigenvalue weighted by Gasteiger charge is 2.21. The number of benzene rings is 1. The van der Waals surface area contributed by atoms with E-state index < -0.39 is 28.2 Å². The minimum atomic E-state index is -1.14. The van der Waals surface area contributed by atoms with Crippen LogP contribution in [0.2, 0.25) is 0 Å². The predicted octanol–water partition coefficient (Wildman–Crippen LogP) is 0.427. The summed E-state index contributed by atoms with van der Waals surface area (Å²) in [6.45, 7) is -0.146. The van der Waals surface area contributed by atoms with Crippen LogP contribution < -0.4 is 5.73 Å². The van der Waals surface area contributed by atoms with Gasteiger partial charge >= 0.3 is 11.7 Å². The Kier molecular flexibility index (Phi) is 3.41. The second-order valence-electron chi connectivity index (χ2n) is 3.13. The zero-order valence-electron chi connectivity index (χ0n) is 8.16. The summed E-state index contributed by atoms with van der Waals surface area (Å²) in [6, 6.07) is 3.36. The van der Waals surface area contributed by atoms with Gasteiger partial charge < -0.3 is 15.9 Å². The average molecular weight is 226 g/mol. The van der Waals surface area contributed by atoms with Crippen molar-refractivity contribution in [3.05, 3.63) is 33.9 Å². The number of phenols is 1. The molecule has 0 fully saturated rings. The van der Waals surface area contributed by atoms with Gasteiger partial charge in [-0.25, -0.2) is 0 Å². The maximum atomic E-state index is 10.8. The number of carbonyl (C=O) groups is 1. The van der Waals surface area contributed by atoms with Gasteiger partial charge in [-0.15, -0.1) is 0 Å². The van der Waals surface area contributed by atoms with Gasteiger partial charge in [-0.05, 0) is 11.6 Å². The topological polar surface area (TPSA) is 127 Å². The highest BCUT2D eigenvalue weighted by molar-refractivity contribution is 5.76. The largest absolute Gasteiger partial charge is 0.502 e. The van der Waals surface area contributed by atoms with Gasteiger partial charge in [0.25, 0.3) is 0 Å². The Morgan fingerprint density at radius 2 is 2.19 bits per heavy atom. The quantitative estimate of drug-likeness (QED) is 0.504. The normalized spacial score (nSPS) is 12.1. The first-order valence-electron chi connectivity index (χ1n) is 4.37. The molecule has 1 unspecified atom stereocenters. The lowest BCUT2D eigenvalue weighted by Crippen LogP contribution is -2.21. The highest BCUT2D eigenvalue weighted by atomic mass is 16.6. The molecule has 7 heteroatoms. The maximum absolute atomic E-state index is 10.8. The Morgan fingerprint density at radius 1 is 1.56 bits per heavy atom. The van der Waals surface area contributed by atoms with Gasteiger partial charge in [0.1, 0.15) is 0 Å². The van der Waals surface area contributed by atoms with E-state index in [1.807, 2.05) is 0 Å². The van der Waals surface area contributed by atoms with E-state index in [4.69, 9.17) is 10.8 Å². The van der Waals surface area contributed by atoms with Crippen molar-refractivity contribution >= 4 is 11.7 Å². The zero-order chi connectivity index (χ0) is 12.3. The van der Waals surface area contributed by atoms with Crippen LogP contribution in [0.3, 0.4) is 0 Å². The van der Waals surface area contributed by atoms with Crippen LogP contribution in [0.15, 0.2) is 18.2 Å². The molecule has 0 saturated heterocycles. The number of aliphatic carboxylic acids is 1. The highest BCUT2D eigenvalue weighted by Crippen LogP contribution is 2.29. The minimum absolute atomic E-state index is 0.146. The first kappa shape index (κ1) is 11.9. The van der Waals surface area contributed by atoms with Gasteiger partial charge in [0.15, 0.2) is 5.75 Å². The molecule has 0 aliphatic rings. The van der Waals surface area contributed by atoms with Gasteiger partial charge in [-0.2, -0.15) is 0 Å². The predicted molar refractivity (Wildman–Crippen MR) is 54.2 cm³/mol. The molecule has 0 radical (unpaired) electrons. The van der Waals surface area contributed by atoms with Crippen LogP contribution >= 0.6 is 0 Å². The first-order valence-corrected chi connectivity index (χ1v) is 4.37. The molecule has 16 heavy (non-hydrogen) atoms. The Hall–Kier alpha value is -2.15. The Labute approximate surface area is 90.3 Å². The van der Waals surface area contributed by atoms with Crippen molar-refractivity contribution in [1.82, 2.24) is 0 Å². The molecule has 0 aromatic heterocycles. The molecule has 0 saturated carbocycles. The molecule has 7 nitrogen and oxygen atoms in total. The zero-order valence-corrected chi connectivity index (χ0v) is 8.16. The van der Waals surface area contributed by atoms with E-state index in [-0.39, 0.29) is 12.1 Å². The number of nitro groups is 1. The summed E-state index contributed by atoms with van der Waals surface area (Å²) in [5.41, 5.74) is 5.02. The monoisotopic (exact) mass is 226 g/mol. The molecule has 0 spiro atoms. The van der Waals surface area contributed by atoms with E-state index in [2.05, 4.69) is 0 Å². The Morgan fingerprint density at radius 3 is 2.56 bits per heavy atom. The molecule has 1 aromatic carbocycles. The lowest BCUT2D eigenvalue weighted by molar-refractivity contribution is -0.385. The van der Waals surface area contributed by atoms with Crippen molar-refractivity contribution in [3.63, 3.8) is 0 Å². The molecule has 1 aromatic rings. The van der Waals surface area contributed by atoms with E-state index in [1.54, 1.807) is 0 Å². The number of rotatable bonds is 4. The third-order valence-electron chi connectivity index (χ3n) is 2.13. The van der Waals surface area contributed by atoms with Gasteiger partial charge in [-0.3, -0.25) is 14.9 Å². The molecular weight excluding hydrogens is 216 g/mol. The number of nitrogens with two attached hydrogens (primary N) is 1. The van der Waals surface area contributed by atoms with E-state index in [9.17, 15) is 20.0 Å². The van der Waals surface area contributed by atoms with Gasteiger partial charge in [0, 0.05) is 12.6 Å². The number of nitro benzene ring substituents is 1. The van der Waals surface area contributed by atoms with Gasteiger partial charge in [0.2, 0.25) is 0 Å². The molecule has 4 N–H and O–H groups in total. The maximum Gasteiger partial charge on any atom is 0.312 e. The summed E-state index contributed by atoms with van der Waals surface area (Å²) in [6.07, 6.45) is 0. The van der Waals surface area contributed by atoms with Gasteiger partial charge in [0.05, 0.1) is 10.8 Å². The van der Waals surface area contributed by atoms with Crippen LogP contribution in [-0.4, -0.2) is 27.7 Å². The number of nitrogens with zero attached hydrogens (tertiary/aromatic N) is 1. The molecule has 0 aliphatic carbocycles. The number of carboxylic acid groups (broad SMARTS) is 1. The van der Waals surface area contributed by atoms with Crippen LogP contribution in [0, 0.1) is 10.1 Å². The summed E-state index contributed by atoms with van der Waals surface area (Å²) in [4.78, 5) is 20.4. The average Bonchev–Trinajstić information content (AvgIpc) is 2.17. The lowest BCUT2D eigenvalue weighted by atomic mass is 9.99. The molecule has 0 heterocycles. The summed E-state index contributed by atoms with van der Waals surface area (Å²) < 4.78 is 0. The molecular formula is C9H10N2O5. The van der Waals surface area contributed by atoms with Crippen molar-refractivity contribution < 1.29 is 19.9 Å². The fourth-order valence-corrected chi connectivity index (χ4v) is 1.29. The van der Waals surface area contributed by atoms with Crippen LogP contribution in [0.1, 0.15) is 11.5 Å². The van der Waals surface area contributed by atoms with E-state index in [0.717, 1.165) is 12.1 Å². The Bertz CT molecular complexity index is 432. The summed E-state index contributed by atoms with van der Waals surface area (Å²) in [5.74, 6) is -2.69. The minimum Gasteiger partial charge on any atom is -0.502 e. The summed E-state index contributed by atoms with van der Waals surface area (Å²) in [5, 5.41) is 28.5. The smallest absolute Gasteiger partial charge is 0.312 e. The van der Waals surface area contributed by atoms with Crippen molar-refractivity contribution in [1.29, 1.82) is 0 Å². The van der Waals surface area contributed by atoms with Crippen LogP contribution in [-0.2, 0) is 4.79 Å². The number of hydrogen-bond donors (Lipinski definition) is 3. The first-order chi connectivity index (χ1) is 7.47. The number of carboxylic acids is 1. The summed E-state index contributed by atoms with van der Waals surface area (Å²) >= 11 is 0. The molecule has 86 valence electrons. The molecule has 1 rings (SSSR count). The van der Waals surface area contributed by atoms with E-state index >= 15 is 0 Å². The standard InChI is InChI=1S/C9H10N2O5/c10-4-6(9(13)14)5-1-2-7(11(15)16)8(12)3-5/h1-3,6,12H,4,10H2,(H,13,14).